The summed E-state index contributed by atoms with van der Waals surface area (Å²) >= 11 is 0. The summed E-state index contributed by atoms with van der Waals surface area (Å²) in [7, 11) is -2.55. The number of carbonyl (C=O) groups is 1. The molecule has 0 heterocycles. The van der Waals surface area contributed by atoms with Crippen LogP contribution in [0.25, 0.3) is 0 Å². The third-order valence-electron chi connectivity index (χ3n) is 2.65. The van der Waals surface area contributed by atoms with Crippen LogP contribution < -0.4 is 5.32 Å². The van der Waals surface area contributed by atoms with Crippen molar-refractivity contribution in [2.24, 2.45) is 0 Å². The fourth-order valence-corrected chi connectivity index (χ4v) is 2.94. The molecule has 0 unspecified atom stereocenters. The zero-order chi connectivity index (χ0) is 15.3. The van der Waals surface area contributed by atoms with Gasteiger partial charge in [-0.3, -0.25) is 4.79 Å². The number of nitrogens with zero attached hydrogens (tertiary/aromatic N) is 2. The number of likely N-dealkylation sites (N-methyl/N-ethyl adjacent to an activating group) is 2. The van der Waals surface area contributed by atoms with Gasteiger partial charge >= 0.3 is 0 Å². The molecule has 1 amide bonds. The number of benzene rings is 1. The zero-order valence-electron chi connectivity index (χ0n) is 11.1. The lowest BCUT2D eigenvalue weighted by Crippen LogP contribution is -2.39. The van der Waals surface area contributed by atoms with E-state index in [1.807, 2.05) is 0 Å². The molecule has 1 aromatic carbocycles. The van der Waals surface area contributed by atoms with Crippen molar-refractivity contribution in [3.63, 3.8) is 0 Å². The fourth-order valence-electron chi connectivity index (χ4n) is 1.51. The molecule has 0 aliphatic rings. The molecule has 1 rings (SSSR count). The number of hydrogen-bond acceptors (Lipinski definition) is 4. The number of nitrogens with one attached hydrogen (secondary N) is 1. The average molecular weight is 299 g/mol. The fraction of sp³-hybridized carbons (Fsp3) is 0.333. The van der Waals surface area contributed by atoms with E-state index in [2.05, 4.69) is 5.32 Å². The molecular weight excluding hydrogens is 285 g/mol. The molecule has 20 heavy (non-hydrogen) atoms. The average Bonchev–Trinajstić information content (AvgIpc) is 2.44. The molecule has 0 bridgehead atoms. The van der Waals surface area contributed by atoms with Gasteiger partial charge in [-0.2, -0.15) is 9.57 Å². The zero-order valence-corrected chi connectivity index (χ0v) is 11.9. The lowest BCUT2D eigenvalue weighted by Gasteiger charge is -2.19. The van der Waals surface area contributed by atoms with Gasteiger partial charge in [-0.15, -0.1) is 0 Å². The summed E-state index contributed by atoms with van der Waals surface area (Å²) in [5.74, 6) is -1.25. The predicted molar refractivity (Wildman–Crippen MR) is 69.6 cm³/mol. The maximum atomic E-state index is 13.2. The largest absolute Gasteiger partial charge is 0.358 e. The molecule has 0 fully saturated rings. The van der Waals surface area contributed by atoms with E-state index in [9.17, 15) is 17.6 Å². The highest BCUT2D eigenvalue weighted by Crippen LogP contribution is 2.18. The minimum atomic E-state index is -3.95. The van der Waals surface area contributed by atoms with Crippen LogP contribution in [0.15, 0.2) is 23.1 Å². The van der Waals surface area contributed by atoms with Crippen molar-refractivity contribution in [1.29, 1.82) is 5.26 Å². The van der Waals surface area contributed by atoms with Gasteiger partial charge in [0.25, 0.3) is 0 Å². The Balaban J connectivity index is 3.21. The van der Waals surface area contributed by atoms with Crippen LogP contribution in [0.5, 0.6) is 0 Å². The number of halogens is 1. The maximum Gasteiger partial charge on any atom is 0.243 e. The highest BCUT2D eigenvalue weighted by atomic mass is 32.2. The van der Waals surface area contributed by atoms with Gasteiger partial charge in [0.2, 0.25) is 15.9 Å². The molecule has 0 aliphatic carbocycles. The molecule has 6 nitrogen and oxygen atoms in total. The minimum absolute atomic E-state index is 0.0784. The lowest BCUT2D eigenvalue weighted by molar-refractivity contribution is -0.120. The Bertz CT molecular complexity index is 652. The Hall–Kier alpha value is -1.98. The van der Waals surface area contributed by atoms with E-state index in [1.54, 1.807) is 13.0 Å². The van der Waals surface area contributed by atoms with Crippen molar-refractivity contribution >= 4 is 15.9 Å². The minimum Gasteiger partial charge on any atom is -0.358 e. The van der Waals surface area contributed by atoms with E-state index in [1.165, 1.54) is 7.05 Å². The molecule has 108 valence electrons. The van der Waals surface area contributed by atoms with E-state index < -0.39 is 21.7 Å². The first-order valence-electron chi connectivity index (χ1n) is 5.77. The van der Waals surface area contributed by atoms with Crippen LogP contribution in [-0.2, 0) is 14.8 Å². The summed E-state index contributed by atoms with van der Waals surface area (Å²) in [6.45, 7) is 1.32. The molecule has 1 N–H and O–H groups in total. The molecule has 8 heteroatoms. The van der Waals surface area contributed by atoms with Crippen LogP contribution in [0, 0.1) is 17.1 Å². The standard InChI is InChI=1S/C12H14FN3O3S/c1-3-16(8-12(17)15-2)20(18,19)10-4-5-11(13)9(6-10)7-14/h4-6H,3,8H2,1-2H3,(H,15,17). The van der Waals surface area contributed by atoms with Gasteiger partial charge < -0.3 is 5.32 Å². The van der Waals surface area contributed by atoms with Crippen LogP contribution in [-0.4, -0.2) is 38.8 Å². The summed E-state index contributed by atoms with van der Waals surface area (Å²) in [4.78, 5) is 11.1. The monoisotopic (exact) mass is 299 g/mol. The van der Waals surface area contributed by atoms with Crippen LogP contribution in [0.1, 0.15) is 12.5 Å². The summed E-state index contributed by atoms with van der Waals surface area (Å²) in [5.41, 5.74) is -0.359. The van der Waals surface area contributed by atoms with Crippen molar-refractivity contribution in [3.8, 4) is 6.07 Å². The quantitative estimate of drug-likeness (QED) is 0.855. The topological polar surface area (TPSA) is 90.3 Å². The smallest absolute Gasteiger partial charge is 0.243 e. The Labute approximate surface area is 116 Å². The van der Waals surface area contributed by atoms with Crippen LogP contribution in [0.3, 0.4) is 0 Å². The number of amides is 1. The van der Waals surface area contributed by atoms with Crippen molar-refractivity contribution in [3.05, 3.63) is 29.6 Å². The number of sulfonamides is 1. The number of rotatable bonds is 5. The molecule has 0 radical (unpaired) electrons. The molecular formula is C12H14FN3O3S. The van der Waals surface area contributed by atoms with Gasteiger partial charge in [-0.1, -0.05) is 6.92 Å². The molecule has 0 saturated heterocycles. The molecule has 0 spiro atoms. The third kappa shape index (κ3) is 3.31. The van der Waals surface area contributed by atoms with Gasteiger partial charge in [-0.05, 0) is 18.2 Å². The lowest BCUT2D eigenvalue weighted by atomic mass is 10.2. The Morgan fingerprint density at radius 2 is 2.15 bits per heavy atom. The van der Waals surface area contributed by atoms with E-state index >= 15 is 0 Å². The van der Waals surface area contributed by atoms with Gasteiger partial charge in [0.1, 0.15) is 11.9 Å². The summed E-state index contributed by atoms with van der Waals surface area (Å²) in [6, 6.07) is 4.52. The number of nitriles is 1. The normalized spacial score (nSPS) is 11.2. The van der Waals surface area contributed by atoms with Crippen molar-refractivity contribution in [1.82, 2.24) is 9.62 Å². The van der Waals surface area contributed by atoms with Crippen molar-refractivity contribution in [2.75, 3.05) is 20.1 Å². The maximum absolute atomic E-state index is 13.2. The Morgan fingerprint density at radius 1 is 1.50 bits per heavy atom. The first-order chi connectivity index (χ1) is 9.36. The SMILES string of the molecule is CCN(CC(=O)NC)S(=O)(=O)c1ccc(F)c(C#N)c1. The summed E-state index contributed by atoms with van der Waals surface area (Å²) in [5, 5.41) is 11.1. The highest BCUT2D eigenvalue weighted by molar-refractivity contribution is 7.89. The van der Waals surface area contributed by atoms with Gasteiger partial charge in [0, 0.05) is 13.6 Å². The first-order valence-corrected chi connectivity index (χ1v) is 7.21. The van der Waals surface area contributed by atoms with E-state index in [0.717, 1.165) is 22.5 Å². The van der Waals surface area contributed by atoms with Gasteiger partial charge in [-0.25, -0.2) is 12.8 Å². The third-order valence-corrected chi connectivity index (χ3v) is 4.56. The van der Waals surface area contributed by atoms with E-state index in [4.69, 9.17) is 5.26 Å². The molecule has 1 aromatic rings. The molecule has 0 atom stereocenters. The van der Waals surface area contributed by atoms with Gasteiger partial charge in [0.15, 0.2) is 0 Å². The summed E-state index contributed by atoms with van der Waals surface area (Å²) < 4.78 is 38.8. The van der Waals surface area contributed by atoms with Crippen molar-refractivity contribution in [2.45, 2.75) is 11.8 Å². The highest BCUT2D eigenvalue weighted by Gasteiger charge is 2.25. The molecule has 0 saturated carbocycles. The molecule has 0 aromatic heterocycles. The number of carbonyl (C=O) groups excluding carboxylic acids is 1. The van der Waals surface area contributed by atoms with Gasteiger partial charge in [0.05, 0.1) is 17.0 Å². The second kappa shape index (κ2) is 6.45. The Morgan fingerprint density at radius 3 is 2.65 bits per heavy atom. The second-order valence-corrected chi connectivity index (χ2v) is 5.80. The van der Waals surface area contributed by atoms with Crippen LogP contribution >= 0.6 is 0 Å². The predicted octanol–water partition coefficient (Wildman–Crippen LogP) is 0.454. The second-order valence-electron chi connectivity index (χ2n) is 3.86. The van der Waals surface area contributed by atoms with Crippen molar-refractivity contribution < 1.29 is 17.6 Å². The number of hydrogen-bond donors (Lipinski definition) is 1. The Kier molecular flexibility index (Phi) is 5.19. The summed E-state index contributed by atoms with van der Waals surface area (Å²) in [6.07, 6.45) is 0. The van der Waals surface area contributed by atoms with Crippen LogP contribution in [0.2, 0.25) is 0 Å². The van der Waals surface area contributed by atoms with Crippen LogP contribution in [0.4, 0.5) is 4.39 Å². The first kappa shape index (κ1) is 16.1. The molecule has 0 aliphatic heterocycles. The van der Waals surface area contributed by atoms with E-state index in [0.29, 0.717) is 0 Å². The van der Waals surface area contributed by atoms with E-state index in [-0.39, 0.29) is 23.5 Å².